The van der Waals surface area contributed by atoms with Crippen molar-refractivity contribution in [2.75, 3.05) is 27.4 Å². The molecule has 2 aromatic carbocycles. The Labute approximate surface area is 165 Å². The Morgan fingerprint density at radius 2 is 2.00 bits per heavy atom. The van der Waals surface area contributed by atoms with E-state index in [1.54, 1.807) is 14.2 Å². The molecule has 1 saturated heterocycles. The third-order valence-electron chi connectivity index (χ3n) is 5.13. The van der Waals surface area contributed by atoms with Crippen LogP contribution in [0.2, 0.25) is 0 Å². The molecule has 3 rings (SSSR count). The summed E-state index contributed by atoms with van der Waals surface area (Å²) >= 11 is 0. The van der Waals surface area contributed by atoms with Crippen LogP contribution in [0.3, 0.4) is 0 Å². The lowest BCUT2D eigenvalue weighted by Crippen LogP contribution is -2.39. The van der Waals surface area contributed by atoms with Gasteiger partial charge in [0.1, 0.15) is 23.3 Å². The number of aliphatic carboxylic acids is 1. The Morgan fingerprint density at radius 1 is 1.18 bits per heavy atom. The molecule has 1 N–H and O–H groups in total. The fourth-order valence-corrected chi connectivity index (χ4v) is 3.90. The normalized spacial score (nSPS) is 17.9. The monoisotopic (exact) mass is 385 g/mol. The molecule has 2 atom stereocenters. The van der Waals surface area contributed by atoms with Crippen LogP contribution in [0.5, 0.6) is 17.2 Å². The highest BCUT2D eigenvalue weighted by Crippen LogP contribution is 2.41. The van der Waals surface area contributed by atoms with E-state index < -0.39 is 12.0 Å². The molecule has 1 aliphatic rings. The first-order chi connectivity index (χ1) is 13.6. The van der Waals surface area contributed by atoms with Crippen LogP contribution in [0.4, 0.5) is 0 Å². The standard InChI is InChI=1S/C22H27NO5/c1-4-28-17-8-5-7-15(13-17)21(23-12-6-9-19(23)22(24)25)18-11-10-16(26-2)14-20(18)27-3/h5,7-8,10-11,13-14,19,21H,4,6,9,12H2,1-3H3,(H,24,25). The molecule has 0 saturated carbocycles. The Morgan fingerprint density at radius 3 is 2.68 bits per heavy atom. The smallest absolute Gasteiger partial charge is 0.320 e. The number of carboxylic acid groups (broad SMARTS) is 1. The van der Waals surface area contributed by atoms with Gasteiger partial charge in [0, 0.05) is 18.2 Å². The van der Waals surface area contributed by atoms with Crippen molar-refractivity contribution in [2.45, 2.75) is 31.8 Å². The van der Waals surface area contributed by atoms with E-state index in [-0.39, 0.29) is 6.04 Å². The van der Waals surface area contributed by atoms with E-state index in [4.69, 9.17) is 14.2 Å². The summed E-state index contributed by atoms with van der Waals surface area (Å²) in [6.07, 6.45) is 1.48. The summed E-state index contributed by atoms with van der Waals surface area (Å²) in [5.41, 5.74) is 1.88. The minimum absolute atomic E-state index is 0.259. The van der Waals surface area contributed by atoms with Crippen LogP contribution in [-0.4, -0.2) is 49.4 Å². The maximum absolute atomic E-state index is 11.9. The topological polar surface area (TPSA) is 68.2 Å². The molecule has 0 aromatic heterocycles. The van der Waals surface area contributed by atoms with E-state index in [9.17, 15) is 9.90 Å². The van der Waals surface area contributed by atoms with E-state index in [1.807, 2.05) is 54.3 Å². The maximum Gasteiger partial charge on any atom is 0.320 e. The van der Waals surface area contributed by atoms with Crippen LogP contribution in [0.15, 0.2) is 42.5 Å². The van der Waals surface area contributed by atoms with Gasteiger partial charge in [-0.2, -0.15) is 0 Å². The molecule has 1 aliphatic heterocycles. The van der Waals surface area contributed by atoms with Crippen molar-refractivity contribution in [1.29, 1.82) is 0 Å². The number of carboxylic acids is 1. The number of hydrogen-bond donors (Lipinski definition) is 1. The zero-order valence-electron chi connectivity index (χ0n) is 16.6. The SMILES string of the molecule is CCOc1cccc(C(c2ccc(OC)cc2OC)N2CCCC2C(=O)O)c1. The average molecular weight is 385 g/mol. The van der Waals surface area contributed by atoms with Crippen molar-refractivity contribution in [3.63, 3.8) is 0 Å². The predicted molar refractivity (Wildman–Crippen MR) is 106 cm³/mol. The molecule has 1 fully saturated rings. The second kappa shape index (κ2) is 8.97. The maximum atomic E-state index is 11.9. The summed E-state index contributed by atoms with van der Waals surface area (Å²) in [5.74, 6) is 1.33. The third kappa shape index (κ3) is 4.07. The number of rotatable bonds is 8. The van der Waals surface area contributed by atoms with E-state index in [0.29, 0.717) is 31.1 Å². The van der Waals surface area contributed by atoms with Crippen molar-refractivity contribution >= 4 is 5.97 Å². The number of nitrogens with zero attached hydrogens (tertiary/aromatic N) is 1. The zero-order valence-corrected chi connectivity index (χ0v) is 16.6. The van der Waals surface area contributed by atoms with Crippen LogP contribution < -0.4 is 14.2 Å². The number of ether oxygens (including phenoxy) is 3. The van der Waals surface area contributed by atoms with Crippen molar-refractivity contribution < 1.29 is 24.1 Å². The van der Waals surface area contributed by atoms with Gasteiger partial charge >= 0.3 is 5.97 Å². The van der Waals surface area contributed by atoms with Gasteiger partial charge in [0.25, 0.3) is 0 Å². The van der Waals surface area contributed by atoms with Crippen LogP contribution in [-0.2, 0) is 4.79 Å². The van der Waals surface area contributed by atoms with E-state index in [2.05, 4.69) is 0 Å². The first kappa shape index (κ1) is 20.0. The first-order valence-electron chi connectivity index (χ1n) is 9.52. The molecule has 1 heterocycles. The summed E-state index contributed by atoms with van der Waals surface area (Å²) in [6.45, 7) is 3.22. The van der Waals surface area contributed by atoms with E-state index in [0.717, 1.165) is 23.3 Å². The Hall–Kier alpha value is -2.73. The van der Waals surface area contributed by atoms with Gasteiger partial charge in [-0.3, -0.25) is 9.69 Å². The van der Waals surface area contributed by atoms with Crippen molar-refractivity contribution in [3.05, 3.63) is 53.6 Å². The molecule has 28 heavy (non-hydrogen) atoms. The lowest BCUT2D eigenvalue weighted by Gasteiger charge is -2.33. The molecule has 150 valence electrons. The van der Waals surface area contributed by atoms with E-state index >= 15 is 0 Å². The molecular formula is C22H27NO5. The summed E-state index contributed by atoms with van der Waals surface area (Å²) in [7, 11) is 3.23. The van der Waals surface area contributed by atoms with Gasteiger partial charge in [0.2, 0.25) is 0 Å². The molecule has 2 aromatic rings. The summed E-state index contributed by atoms with van der Waals surface area (Å²) < 4.78 is 16.6. The van der Waals surface area contributed by atoms with Gasteiger partial charge in [-0.05, 0) is 49.6 Å². The lowest BCUT2D eigenvalue weighted by atomic mass is 9.95. The fraction of sp³-hybridized carbons (Fsp3) is 0.409. The second-order valence-corrected chi connectivity index (χ2v) is 6.75. The van der Waals surface area contributed by atoms with Gasteiger partial charge < -0.3 is 19.3 Å². The fourth-order valence-electron chi connectivity index (χ4n) is 3.90. The lowest BCUT2D eigenvalue weighted by molar-refractivity contribution is -0.142. The molecule has 0 amide bonds. The third-order valence-corrected chi connectivity index (χ3v) is 5.13. The molecule has 0 spiro atoms. The number of benzene rings is 2. The van der Waals surface area contributed by atoms with Crippen LogP contribution in [0.25, 0.3) is 0 Å². The average Bonchev–Trinajstić information content (AvgIpc) is 3.19. The molecule has 6 heteroatoms. The quantitative estimate of drug-likeness (QED) is 0.747. The second-order valence-electron chi connectivity index (χ2n) is 6.75. The van der Waals surface area contributed by atoms with Crippen molar-refractivity contribution in [1.82, 2.24) is 4.90 Å². The van der Waals surface area contributed by atoms with Gasteiger partial charge in [-0.25, -0.2) is 0 Å². The number of likely N-dealkylation sites (tertiary alicyclic amines) is 1. The van der Waals surface area contributed by atoms with Crippen LogP contribution >= 0.6 is 0 Å². The largest absolute Gasteiger partial charge is 0.497 e. The number of carbonyl (C=O) groups is 1. The van der Waals surface area contributed by atoms with E-state index in [1.165, 1.54) is 0 Å². The Kier molecular flexibility index (Phi) is 6.41. The zero-order chi connectivity index (χ0) is 20.1. The minimum Gasteiger partial charge on any atom is -0.497 e. The predicted octanol–water partition coefficient (Wildman–Crippen LogP) is 3.74. The molecular weight excluding hydrogens is 358 g/mol. The minimum atomic E-state index is -0.795. The molecule has 0 aliphatic carbocycles. The number of methoxy groups -OCH3 is 2. The summed E-state index contributed by atoms with van der Waals surface area (Å²) in [4.78, 5) is 13.9. The van der Waals surface area contributed by atoms with Gasteiger partial charge in [0.15, 0.2) is 0 Å². The Bertz CT molecular complexity index is 822. The Balaban J connectivity index is 2.12. The van der Waals surface area contributed by atoms with Crippen molar-refractivity contribution in [2.24, 2.45) is 0 Å². The van der Waals surface area contributed by atoms with Crippen LogP contribution in [0, 0.1) is 0 Å². The highest BCUT2D eigenvalue weighted by Gasteiger charge is 2.38. The van der Waals surface area contributed by atoms with Crippen LogP contribution in [0.1, 0.15) is 36.9 Å². The van der Waals surface area contributed by atoms with Gasteiger partial charge in [-0.1, -0.05) is 12.1 Å². The number of hydrogen-bond acceptors (Lipinski definition) is 5. The molecule has 0 radical (unpaired) electrons. The molecule has 0 bridgehead atoms. The first-order valence-corrected chi connectivity index (χ1v) is 9.52. The molecule has 2 unspecified atom stereocenters. The van der Waals surface area contributed by atoms with Crippen molar-refractivity contribution in [3.8, 4) is 17.2 Å². The highest BCUT2D eigenvalue weighted by atomic mass is 16.5. The summed E-state index contributed by atoms with van der Waals surface area (Å²) in [6, 6.07) is 12.7. The van der Waals surface area contributed by atoms with Gasteiger partial charge in [-0.15, -0.1) is 0 Å². The summed E-state index contributed by atoms with van der Waals surface area (Å²) in [5, 5.41) is 9.76. The molecule has 6 nitrogen and oxygen atoms in total. The highest BCUT2D eigenvalue weighted by molar-refractivity contribution is 5.74. The van der Waals surface area contributed by atoms with Gasteiger partial charge in [0.05, 0.1) is 26.9 Å².